The molecule has 0 saturated carbocycles. The maximum Gasteiger partial charge on any atom is 0.269 e. The van der Waals surface area contributed by atoms with Crippen LogP contribution in [-0.4, -0.2) is 34.9 Å². The lowest BCUT2D eigenvalue weighted by Gasteiger charge is -2.23. The molecule has 1 aliphatic heterocycles. The molecule has 2 rings (SSSR count). The Morgan fingerprint density at radius 2 is 2.32 bits per heavy atom. The Bertz CT molecular complexity index is 490. The van der Waals surface area contributed by atoms with E-state index in [9.17, 15) is 14.9 Å². The summed E-state index contributed by atoms with van der Waals surface area (Å²) in [5.41, 5.74) is 6.32. The highest BCUT2D eigenvalue weighted by atomic mass is 16.6. The second-order valence-electron chi connectivity index (χ2n) is 4.72. The number of hydrogen-bond donors (Lipinski definition) is 1. The van der Waals surface area contributed by atoms with Crippen LogP contribution >= 0.6 is 0 Å². The fourth-order valence-electron chi connectivity index (χ4n) is 2.47. The van der Waals surface area contributed by atoms with Gasteiger partial charge in [0, 0.05) is 31.3 Å². The van der Waals surface area contributed by atoms with Crippen LogP contribution in [-0.2, 0) is 11.2 Å². The molecule has 0 bridgehead atoms. The van der Waals surface area contributed by atoms with E-state index in [2.05, 4.69) is 0 Å². The maximum absolute atomic E-state index is 12.2. The van der Waals surface area contributed by atoms with E-state index in [1.165, 1.54) is 12.1 Å². The van der Waals surface area contributed by atoms with Crippen molar-refractivity contribution in [1.29, 1.82) is 0 Å². The van der Waals surface area contributed by atoms with Gasteiger partial charge in [-0.3, -0.25) is 14.9 Å². The zero-order valence-corrected chi connectivity index (χ0v) is 10.6. The second-order valence-corrected chi connectivity index (χ2v) is 4.72. The largest absolute Gasteiger partial charge is 0.338 e. The molecular weight excluding hydrogens is 246 g/mol. The summed E-state index contributed by atoms with van der Waals surface area (Å²) in [4.78, 5) is 24.2. The van der Waals surface area contributed by atoms with Gasteiger partial charge in [-0.05, 0) is 18.4 Å². The van der Waals surface area contributed by atoms with E-state index >= 15 is 0 Å². The molecule has 1 amide bonds. The Labute approximate surface area is 111 Å². The lowest BCUT2D eigenvalue weighted by atomic mass is 10.1. The van der Waals surface area contributed by atoms with Crippen LogP contribution in [0.3, 0.4) is 0 Å². The van der Waals surface area contributed by atoms with Gasteiger partial charge in [0.05, 0.1) is 11.3 Å². The Morgan fingerprint density at radius 3 is 3.00 bits per heavy atom. The van der Waals surface area contributed by atoms with Crippen molar-refractivity contribution in [3.8, 4) is 0 Å². The van der Waals surface area contributed by atoms with Crippen molar-refractivity contribution in [2.24, 2.45) is 5.73 Å². The highest BCUT2D eigenvalue weighted by Crippen LogP contribution is 2.19. The van der Waals surface area contributed by atoms with Gasteiger partial charge in [0.1, 0.15) is 0 Å². The zero-order chi connectivity index (χ0) is 13.8. The molecule has 19 heavy (non-hydrogen) atoms. The van der Waals surface area contributed by atoms with Crippen LogP contribution in [0.1, 0.15) is 18.4 Å². The molecule has 0 aromatic heterocycles. The number of benzene rings is 1. The third kappa shape index (κ3) is 3.08. The summed E-state index contributed by atoms with van der Waals surface area (Å²) in [6.45, 7) is 1.20. The van der Waals surface area contributed by atoms with E-state index in [1.54, 1.807) is 17.0 Å². The number of hydrogen-bond acceptors (Lipinski definition) is 4. The van der Waals surface area contributed by atoms with E-state index in [0.29, 0.717) is 12.1 Å². The summed E-state index contributed by atoms with van der Waals surface area (Å²) in [5, 5.41) is 10.7. The van der Waals surface area contributed by atoms with Gasteiger partial charge in [0.25, 0.3) is 5.69 Å². The van der Waals surface area contributed by atoms with Gasteiger partial charge >= 0.3 is 0 Å². The summed E-state index contributed by atoms with van der Waals surface area (Å²) in [6.07, 6.45) is 2.11. The predicted molar refractivity (Wildman–Crippen MR) is 70.6 cm³/mol. The molecule has 0 spiro atoms. The minimum Gasteiger partial charge on any atom is -0.338 e. The molecule has 1 fully saturated rings. The average Bonchev–Trinajstić information content (AvgIpc) is 2.87. The molecule has 1 atom stereocenters. The molecule has 0 radical (unpaired) electrons. The summed E-state index contributed by atoms with van der Waals surface area (Å²) in [6, 6.07) is 6.33. The minimum absolute atomic E-state index is 0.00607. The number of nitro groups is 1. The van der Waals surface area contributed by atoms with Crippen LogP contribution in [0.5, 0.6) is 0 Å². The number of nitro benzene ring substituents is 1. The molecule has 1 unspecified atom stereocenters. The summed E-state index contributed by atoms with van der Waals surface area (Å²) < 4.78 is 0. The van der Waals surface area contributed by atoms with Gasteiger partial charge in [0.15, 0.2) is 0 Å². The van der Waals surface area contributed by atoms with E-state index in [0.717, 1.165) is 19.4 Å². The maximum atomic E-state index is 12.2. The summed E-state index contributed by atoms with van der Waals surface area (Å²) in [7, 11) is 0. The first kappa shape index (κ1) is 13.5. The molecule has 0 aliphatic carbocycles. The normalized spacial score (nSPS) is 18.6. The van der Waals surface area contributed by atoms with E-state index in [1.807, 2.05) is 0 Å². The molecule has 1 saturated heterocycles. The molecule has 102 valence electrons. The molecule has 1 aromatic rings. The van der Waals surface area contributed by atoms with Crippen molar-refractivity contribution >= 4 is 11.6 Å². The van der Waals surface area contributed by atoms with Crippen molar-refractivity contribution in [2.45, 2.75) is 25.3 Å². The average molecular weight is 263 g/mol. The van der Waals surface area contributed by atoms with E-state index in [-0.39, 0.29) is 24.1 Å². The van der Waals surface area contributed by atoms with Crippen LogP contribution in [0.15, 0.2) is 24.3 Å². The Hall–Kier alpha value is -1.95. The number of nitrogens with zero attached hydrogens (tertiary/aromatic N) is 2. The van der Waals surface area contributed by atoms with Crippen LogP contribution < -0.4 is 5.73 Å². The zero-order valence-electron chi connectivity index (χ0n) is 10.6. The molecule has 6 heteroatoms. The molecule has 1 aliphatic rings. The molecule has 6 nitrogen and oxygen atoms in total. The lowest BCUT2D eigenvalue weighted by molar-refractivity contribution is -0.384. The number of amides is 1. The van der Waals surface area contributed by atoms with Gasteiger partial charge in [-0.15, -0.1) is 0 Å². The molecule has 1 aromatic carbocycles. The highest BCUT2D eigenvalue weighted by Gasteiger charge is 2.27. The Balaban J connectivity index is 2.06. The minimum atomic E-state index is -0.452. The topological polar surface area (TPSA) is 89.5 Å². The first-order chi connectivity index (χ1) is 9.11. The van der Waals surface area contributed by atoms with Crippen molar-refractivity contribution in [1.82, 2.24) is 4.90 Å². The molecule has 1 heterocycles. The van der Waals surface area contributed by atoms with Gasteiger partial charge in [0.2, 0.25) is 5.91 Å². The van der Waals surface area contributed by atoms with Gasteiger partial charge in [-0.1, -0.05) is 12.1 Å². The number of rotatable bonds is 4. The fourth-order valence-corrected chi connectivity index (χ4v) is 2.47. The summed E-state index contributed by atoms with van der Waals surface area (Å²) >= 11 is 0. The highest BCUT2D eigenvalue weighted by molar-refractivity contribution is 5.79. The number of nitrogens with two attached hydrogens (primary N) is 1. The summed E-state index contributed by atoms with van der Waals surface area (Å²) in [5.74, 6) is -0.00607. The standard InChI is InChI=1S/C13H17N3O3/c14-9-12-5-2-6-15(12)13(17)8-10-3-1-4-11(7-10)16(18)19/h1,3-4,7,12H,2,5-6,8-9,14H2. The smallest absolute Gasteiger partial charge is 0.269 e. The third-order valence-electron chi connectivity index (χ3n) is 3.45. The second kappa shape index (κ2) is 5.79. The van der Waals surface area contributed by atoms with E-state index in [4.69, 9.17) is 5.73 Å². The number of non-ortho nitro benzene ring substituents is 1. The fraction of sp³-hybridized carbons (Fsp3) is 0.462. The number of carbonyl (C=O) groups is 1. The van der Waals surface area contributed by atoms with Crippen LogP contribution in [0.4, 0.5) is 5.69 Å². The van der Waals surface area contributed by atoms with E-state index < -0.39 is 4.92 Å². The van der Waals surface area contributed by atoms with Crippen LogP contribution in [0.2, 0.25) is 0 Å². The van der Waals surface area contributed by atoms with Crippen molar-refractivity contribution in [3.63, 3.8) is 0 Å². The van der Waals surface area contributed by atoms with Crippen molar-refractivity contribution in [2.75, 3.05) is 13.1 Å². The quantitative estimate of drug-likeness (QED) is 0.650. The first-order valence-electron chi connectivity index (χ1n) is 6.34. The SMILES string of the molecule is NCC1CCCN1C(=O)Cc1cccc([N+](=O)[O-])c1. The number of carbonyl (C=O) groups excluding carboxylic acids is 1. The van der Waals surface area contributed by atoms with Gasteiger partial charge in [-0.25, -0.2) is 0 Å². The van der Waals surface area contributed by atoms with Crippen LogP contribution in [0.25, 0.3) is 0 Å². The van der Waals surface area contributed by atoms with Crippen molar-refractivity contribution in [3.05, 3.63) is 39.9 Å². The monoisotopic (exact) mass is 263 g/mol. The first-order valence-corrected chi connectivity index (χ1v) is 6.34. The van der Waals surface area contributed by atoms with Crippen molar-refractivity contribution < 1.29 is 9.72 Å². The molecular formula is C13H17N3O3. The predicted octanol–water partition coefficient (Wildman–Crippen LogP) is 1.09. The number of likely N-dealkylation sites (tertiary alicyclic amines) is 1. The molecule has 2 N–H and O–H groups in total. The third-order valence-corrected chi connectivity index (χ3v) is 3.45. The lowest BCUT2D eigenvalue weighted by Crippen LogP contribution is -2.40. The Kier molecular flexibility index (Phi) is 4.11. The van der Waals surface area contributed by atoms with Gasteiger partial charge in [-0.2, -0.15) is 0 Å². The van der Waals surface area contributed by atoms with Crippen LogP contribution in [0, 0.1) is 10.1 Å². The Morgan fingerprint density at radius 1 is 1.53 bits per heavy atom. The van der Waals surface area contributed by atoms with Gasteiger partial charge < -0.3 is 10.6 Å².